The Kier molecular flexibility index (Phi) is 6.33. The van der Waals surface area contributed by atoms with Crippen molar-refractivity contribution < 1.29 is 18.3 Å². The molecule has 0 aliphatic heterocycles. The van der Waals surface area contributed by atoms with Crippen LogP contribution >= 0.6 is 11.6 Å². The quantitative estimate of drug-likeness (QED) is 0.256. The summed E-state index contributed by atoms with van der Waals surface area (Å²) in [6.45, 7) is 3.95. The maximum Gasteiger partial charge on any atom is 0.192 e. The summed E-state index contributed by atoms with van der Waals surface area (Å²) in [6, 6.07) is 15.8. The third-order valence-corrected chi connectivity index (χ3v) is 6.34. The van der Waals surface area contributed by atoms with Crippen LogP contribution in [-0.4, -0.2) is 31.7 Å². The van der Waals surface area contributed by atoms with Gasteiger partial charge in [-0.15, -0.1) is 10.2 Å². The predicted molar refractivity (Wildman–Crippen MR) is 137 cm³/mol. The van der Waals surface area contributed by atoms with E-state index in [2.05, 4.69) is 15.3 Å². The van der Waals surface area contributed by atoms with Gasteiger partial charge in [0.05, 0.1) is 25.4 Å². The van der Waals surface area contributed by atoms with Gasteiger partial charge < -0.3 is 14.0 Å². The first-order chi connectivity index (χ1) is 17.7. The first-order valence-corrected chi connectivity index (χ1v) is 11.9. The highest BCUT2D eigenvalue weighted by Gasteiger charge is 2.32. The number of nitrogens with zero attached hydrogens (tertiary/aromatic N) is 5. The van der Waals surface area contributed by atoms with Gasteiger partial charge in [-0.1, -0.05) is 23.7 Å². The molecule has 190 valence electrons. The zero-order valence-electron chi connectivity index (χ0n) is 20.7. The van der Waals surface area contributed by atoms with Crippen LogP contribution in [0, 0.1) is 11.6 Å². The number of halogens is 3. The molecule has 3 aromatic carbocycles. The molecule has 0 aliphatic carbocycles. The van der Waals surface area contributed by atoms with Crippen LogP contribution < -0.4 is 9.47 Å². The molecule has 0 aliphatic rings. The molecule has 5 aromatic rings. The summed E-state index contributed by atoms with van der Waals surface area (Å²) >= 11 is 5.73. The molecule has 0 spiro atoms. The molecule has 2 aromatic heterocycles. The van der Waals surface area contributed by atoms with E-state index in [9.17, 15) is 8.78 Å². The average molecular weight is 524 g/mol. The molecule has 0 saturated carbocycles. The van der Waals surface area contributed by atoms with E-state index in [0.717, 1.165) is 39.9 Å². The first-order valence-electron chi connectivity index (χ1n) is 11.5. The monoisotopic (exact) mass is 523 g/mol. The molecule has 2 heterocycles. The van der Waals surface area contributed by atoms with Crippen LogP contribution in [0.25, 0.3) is 22.3 Å². The third-order valence-electron chi connectivity index (χ3n) is 6.13. The lowest BCUT2D eigenvalue weighted by Gasteiger charge is -2.26. The zero-order chi connectivity index (χ0) is 26.3. The Bertz CT molecular complexity index is 1570. The van der Waals surface area contributed by atoms with Gasteiger partial charge in [-0.05, 0) is 61.9 Å². The molecule has 0 atom stereocenters. The van der Waals surface area contributed by atoms with E-state index >= 15 is 0 Å². The second kappa shape index (κ2) is 9.48. The van der Waals surface area contributed by atoms with E-state index in [-0.39, 0.29) is 5.02 Å². The molecule has 0 bridgehead atoms. The van der Waals surface area contributed by atoms with Gasteiger partial charge in [-0.3, -0.25) is 4.68 Å². The minimum Gasteiger partial charge on any atom is -0.497 e. The van der Waals surface area contributed by atoms with Crippen molar-refractivity contribution >= 4 is 22.5 Å². The number of methoxy groups -OCH3 is 1. The number of aromatic nitrogens is 5. The summed E-state index contributed by atoms with van der Waals surface area (Å²) in [7, 11) is 3.42. The highest BCUT2D eigenvalue weighted by molar-refractivity contribution is 6.30. The molecule has 0 fully saturated rings. The maximum atomic E-state index is 14.3. The summed E-state index contributed by atoms with van der Waals surface area (Å²) < 4.78 is 43.3. The number of fused-ring (bicyclic) bond motifs is 1. The summed E-state index contributed by atoms with van der Waals surface area (Å²) in [5, 5.41) is 14.0. The van der Waals surface area contributed by atoms with Gasteiger partial charge >= 0.3 is 0 Å². The second-order valence-corrected chi connectivity index (χ2v) is 9.58. The number of rotatable bonds is 7. The first kappa shape index (κ1) is 24.7. The van der Waals surface area contributed by atoms with Gasteiger partial charge in [-0.25, -0.2) is 8.78 Å². The van der Waals surface area contributed by atoms with E-state index in [4.69, 9.17) is 21.1 Å². The molecule has 0 amide bonds. The fourth-order valence-electron chi connectivity index (χ4n) is 4.29. The fourth-order valence-corrected chi connectivity index (χ4v) is 4.48. The van der Waals surface area contributed by atoms with Crippen molar-refractivity contribution in [2.75, 3.05) is 7.11 Å². The summed E-state index contributed by atoms with van der Waals surface area (Å²) in [5.74, 6) is -0.529. The summed E-state index contributed by atoms with van der Waals surface area (Å²) in [4.78, 5) is 0. The van der Waals surface area contributed by atoms with Crippen molar-refractivity contribution in [2.24, 2.45) is 7.05 Å². The molecular weight excluding hydrogens is 500 g/mol. The smallest absolute Gasteiger partial charge is 0.192 e. The Hall–Kier alpha value is -3.98. The molecule has 10 heteroatoms. The Morgan fingerprint density at radius 1 is 0.973 bits per heavy atom. The number of hydrogen-bond acceptors (Lipinski definition) is 5. The largest absolute Gasteiger partial charge is 0.497 e. The molecule has 37 heavy (non-hydrogen) atoms. The SMILES string of the molecule is COc1ccc(Cn2ncc3cc(-c4nnc(C(C)(C)Oc5c(F)cc(Cl)cc5F)n4C)ccc32)cc1. The van der Waals surface area contributed by atoms with Gasteiger partial charge in [0.15, 0.2) is 34.6 Å². The molecule has 0 N–H and O–H groups in total. The maximum absolute atomic E-state index is 14.3. The topological polar surface area (TPSA) is 67.0 Å². The lowest BCUT2D eigenvalue weighted by Crippen LogP contribution is -2.30. The van der Waals surface area contributed by atoms with Crippen molar-refractivity contribution in [3.63, 3.8) is 0 Å². The van der Waals surface area contributed by atoms with E-state index in [0.29, 0.717) is 18.2 Å². The van der Waals surface area contributed by atoms with Crippen molar-refractivity contribution in [2.45, 2.75) is 26.0 Å². The van der Waals surface area contributed by atoms with Gasteiger partial charge in [0.2, 0.25) is 0 Å². The van der Waals surface area contributed by atoms with Crippen molar-refractivity contribution in [1.82, 2.24) is 24.5 Å². The van der Waals surface area contributed by atoms with Crippen molar-refractivity contribution in [1.29, 1.82) is 0 Å². The highest BCUT2D eigenvalue weighted by Crippen LogP contribution is 2.34. The van der Waals surface area contributed by atoms with Gasteiger partial charge in [0, 0.05) is 23.0 Å². The van der Waals surface area contributed by atoms with Gasteiger partial charge in [0.1, 0.15) is 5.75 Å². The van der Waals surface area contributed by atoms with Crippen LogP contribution in [0.15, 0.2) is 60.8 Å². The standard InChI is InChI=1S/C27H24ClF2N5O2/c1-27(2,37-24-21(29)12-19(28)13-22(24)30)26-33-32-25(34(26)3)17-7-10-23-18(11-17)14-31-35(23)15-16-5-8-20(36-4)9-6-16/h5-14H,15H2,1-4H3. The van der Waals surface area contributed by atoms with Crippen LogP contribution in [0.4, 0.5) is 8.78 Å². The van der Waals surface area contributed by atoms with E-state index in [1.165, 1.54) is 0 Å². The second-order valence-electron chi connectivity index (χ2n) is 9.14. The predicted octanol–water partition coefficient (Wildman–Crippen LogP) is 6.13. The van der Waals surface area contributed by atoms with Crippen LogP contribution in [0.5, 0.6) is 11.5 Å². The van der Waals surface area contributed by atoms with E-state index in [1.54, 1.807) is 38.8 Å². The molecule has 0 unspecified atom stereocenters. The number of benzene rings is 3. The van der Waals surface area contributed by atoms with Gasteiger partial charge in [0.25, 0.3) is 0 Å². The molecule has 7 nitrogen and oxygen atoms in total. The molecule has 5 rings (SSSR count). The minimum absolute atomic E-state index is 0.0520. The number of ether oxygens (including phenoxy) is 2. The normalized spacial score (nSPS) is 11.8. The minimum atomic E-state index is -1.19. The lowest BCUT2D eigenvalue weighted by atomic mass is 10.1. The van der Waals surface area contributed by atoms with Crippen molar-refractivity contribution in [3.8, 4) is 22.9 Å². The summed E-state index contributed by atoms with van der Waals surface area (Å²) in [5.41, 5.74) is 1.70. The van der Waals surface area contributed by atoms with Crippen LogP contribution in [0.1, 0.15) is 25.2 Å². The molecule has 0 radical (unpaired) electrons. The zero-order valence-corrected chi connectivity index (χ0v) is 21.4. The third kappa shape index (κ3) is 4.74. The molecule has 0 saturated heterocycles. The van der Waals surface area contributed by atoms with Crippen molar-refractivity contribution in [3.05, 3.63) is 88.8 Å². The Balaban J connectivity index is 1.42. The van der Waals surface area contributed by atoms with Crippen LogP contribution in [0.3, 0.4) is 0 Å². The Morgan fingerprint density at radius 2 is 1.68 bits per heavy atom. The fraction of sp³-hybridized carbons (Fsp3) is 0.222. The van der Waals surface area contributed by atoms with Gasteiger partial charge in [-0.2, -0.15) is 5.10 Å². The average Bonchev–Trinajstić information content (AvgIpc) is 3.45. The molecular formula is C27H24ClF2N5O2. The van der Waals surface area contributed by atoms with Crippen LogP contribution in [0.2, 0.25) is 5.02 Å². The lowest BCUT2D eigenvalue weighted by molar-refractivity contribution is 0.0836. The van der Waals surface area contributed by atoms with E-state index < -0.39 is 23.0 Å². The Morgan fingerprint density at radius 3 is 2.35 bits per heavy atom. The number of hydrogen-bond donors (Lipinski definition) is 0. The van der Waals surface area contributed by atoms with Crippen LogP contribution in [-0.2, 0) is 19.2 Å². The van der Waals surface area contributed by atoms with E-state index in [1.807, 2.05) is 47.1 Å². The Labute approximate surface area is 217 Å². The summed E-state index contributed by atoms with van der Waals surface area (Å²) in [6.07, 6.45) is 1.80. The highest BCUT2D eigenvalue weighted by atomic mass is 35.5.